The van der Waals surface area contributed by atoms with E-state index in [4.69, 9.17) is 10.1 Å². The lowest BCUT2D eigenvalue weighted by Gasteiger charge is -2.35. The number of aromatic nitrogens is 2. The summed E-state index contributed by atoms with van der Waals surface area (Å²) in [5.74, 6) is -1.93. The van der Waals surface area contributed by atoms with Crippen molar-refractivity contribution in [2.75, 3.05) is 11.9 Å². The van der Waals surface area contributed by atoms with Crippen LogP contribution in [0, 0.1) is 5.92 Å². The van der Waals surface area contributed by atoms with Crippen molar-refractivity contribution in [3.8, 4) is 0 Å². The van der Waals surface area contributed by atoms with Crippen LogP contribution in [0.1, 0.15) is 51.7 Å². The average Bonchev–Trinajstić information content (AvgIpc) is 3.56. The minimum atomic E-state index is -1.02. The Morgan fingerprint density at radius 2 is 1.46 bits per heavy atom. The number of fused-ring (bicyclic) bond motifs is 1. The van der Waals surface area contributed by atoms with E-state index in [9.17, 15) is 14.4 Å². The molecule has 1 aliphatic heterocycles. The van der Waals surface area contributed by atoms with Crippen molar-refractivity contribution < 1.29 is 19.5 Å². The summed E-state index contributed by atoms with van der Waals surface area (Å²) in [4.78, 5) is 49.4. The Bertz CT molecular complexity index is 1810. The highest BCUT2D eigenvalue weighted by atomic mass is 16.4. The molecule has 9 heteroatoms. The van der Waals surface area contributed by atoms with E-state index in [0.29, 0.717) is 23.7 Å². The Morgan fingerprint density at radius 1 is 0.870 bits per heavy atom. The van der Waals surface area contributed by atoms with Crippen LogP contribution in [0.5, 0.6) is 0 Å². The minimum absolute atomic E-state index is 0.0455. The van der Waals surface area contributed by atoms with Crippen LogP contribution in [0.2, 0.25) is 0 Å². The van der Waals surface area contributed by atoms with E-state index < -0.39 is 23.2 Å². The van der Waals surface area contributed by atoms with Crippen LogP contribution in [-0.2, 0) is 21.5 Å². The highest BCUT2D eigenvalue weighted by Crippen LogP contribution is 2.44. The number of amides is 1. The second-order valence-electron chi connectivity index (χ2n) is 11.2. The normalized spacial score (nSPS) is 14.2. The summed E-state index contributed by atoms with van der Waals surface area (Å²) in [5, 5.41) is 14.8. The molecule has 46 heavy (non-hydrogen) atoms. The van der Waals surface area contributed by atoms with Crippen LogP contribution >= 0.6 is 0 Å². The number of carboxylic acid groups (broad SMARTS) is 1. The van der Waals surface area contributed by atoms with Gasteiger partial charge in [-0.25, -0.2) is 9.98 Å². The van der Waals surface area contributed by atoms with Gasteiger partial charge in [0.05, 0.1) is 35.3 Å². The number of carbonyl (C=O) groups excluding carboxylic acids is 2. The lowest BCUT2D eigenvalue weighted by molar-refractivity contribution is -0.136. The third-order valence-corrected chi connectivity index (χ3v) is 8.29. The number of nitrogens with one attached hydrogen (secondary N) is 3. The highest BCUT2D eigenvalue weighted by molar-refractivity contribution is 6.45. The summed E-state index contributed by atoms with van der Waals surface area (Å²) in [6.45, 7) is 1.97. The van der Waals surface area contributed by atoms with Crippen molar-refractivity contribution in [3.05, 3.63) is 149 Å². The van der Waals surface area contributed by atoms with E-state index in [1.165, 1.54) is 0 Å². The van der Waals surface area contributed by atoms with E-state index >= 15 is 0 Å². The molecule has 0 saturated carbocycles. The van der Waals surface area contributed by atoms with Gasteiger partial charge in [-0.05, 0) is 41.3 Å². The summed E-state index contributed by atoms with van der Waals surface area (Å²) in [6, 6.07) is 36.4. The first-order valence-corrected chi connectivity index (χ1v) is 15.1. The van der Waals surface area contributed by atoms with Gasteiger partial charge in [-0.2, -0.15) is 0 Å². The third-order valence-electron chi connectivity index (χ3n) is 8.29. The first kappa shape index (κ1) is 30.2. The standard InChI is InChI=1S/C37H33N5O4/c1-24-33(35(46)38-20-19-32(43)44)41-30-21-25(17-18-29(30)34(24)45)22-39-36-40-23-31(42-36)37(26-11-5-2-6-12-26,27-13-7-3-8-14-27)28-15-9-4-10-16-28/h2-18,21,23-24H,19-20,22H2,1H3,(H,38,46)(H,43,44)(H2,39,40,42). The maximum Gasteiger partial charge on any atom is 0.305 e. The number of carboxylic acids is 1. The molecule has 0 aliphatic carbocycles. The molecule has 1 atom stereocenters. The molecule has 0 fully saturated rings. The second kappa shape index (κ2) is 13.0. The van der Waals surface area contributed by atoms with Gasteiger partial charge in [-0.1, -0.05) is 97.1 Å². The molecular weight excluding hydrogens is 578 g/mol. The summed E-state index contributed by atoms with van der Waals surface area (Å²) < 4.78 is 0. The maximum atomic E-state index is 13.1. The van der Waals surface area contributed by atoms with Crippen molar-refractivity contribution >= 4 is 35.0 Å². The number of nitrogens with zero attached hydrogens (tertiary/aromatic N) is 2. The zero-order chi connectivity index (χ0) is 32.1. The van der Waals surface area contributed by atoms with Crippen molar-refractivity contribution in [2.45, 2.75) is 25.3 Å². The van der Waals surface area contributed by atoms with E-state index in [2.05, 4.69) is 57.0 Å². The molecule has 230 valence electrons. The van der Waals surface area contributed by atoms with Crippen LogP contribution in [0.15, 0.2) is 120 Å². The monoisotopic (exact) mass is 611 g/mol. The zero-order valence-electron chi connectivity index (χ0n) is 25.2. The fourth-order valence-electron chi connectivity index (χ4n) is 6.01. The Labute approximate surface area is 266 Å². The van der Waals surface area contributed by atoms with E-state index in [0.717, 1.165) is 27.9 Å². The van der Waals surface area contributed by atoms with Crippen molar-refractivity contribution in [3.63, 3.8) is 0 Å². The Morgan fingerprint density at radius 3 is 2.02 bits per heavy atom. The number of H-pyrrole nitrogens is 1. The van der Waals surface area contributed by atoms with Crippen molar-refractivity contribution in [2.24, 2.45) is 10.9 Å². The third kappa shape index (κ3) is 5.82. The molecule has 1 aromatic heterocycles. The Kier molecular flexibility index (Phi) is 8.56. The van der Waals surface area contributed by atoms with Crippen molar-refractivity contribution in [1.29, 1.82) is 0 Å². The molecule has 2 heterocycles. The van der Waals surface area contributed by atoms with E-state index in [1.54, 1.807) is 19.1 Å². The molecule has 5 aromatic rings. The number of anilines is 1. The predicted octanol–water partition coefficient (Wildman–Crippen LogP) is 5.90. The first-order valence-electron chi connectivity index (χ1n) is 15.1. The summed E-state index contributed by atoms with van der Waals surface area (Å²) in [6.07, 6.45) is 1.65. The second-order valence-corrected chi connectivity index (χ2v) is 11.2. The number of aromatic amines is 1. The highest BCUT2D eigenvalue weighted by Gasteiger charge is 2.40. The quantitative estimate of drug-likeness (QED) is 0.137. The zero-order valence-corrected chi connectivity index (χ0v) is 25.2. The number of imidazole rings is 1. The van der Waals surface area contributed by atoms with Crippen molar-refractivity contribution in [1.82, 2.24) is 15.3 Å². The molecule has 0 saturated heterocycles. The van der Waals surface area contributed by atoms with Gasteiger partial charge in [-0.3, -0.25) is 14.4 Å². The Hall–Kier alpha value is -5.83. The SMILES string of the molecule is CC1C(=O)c2ccc(CNc3ncc(C(c4ccccc4)(c4ccccc4)c4ccccc4)[nH]3)cc2N=C1C(=O)NCCC(=O)O. The summed E-state index contributed by atoms with van der Waals surface area (Å²) in [5.41, 5.74) is 5.28. The number of Topliss-reactive ketones (excluding diaryl/α,β-unsaturated/α-hetero) is 1. The van der Waals surface area contributed by atoms with Crippen LogP contribution in [0.3, 0.4) is 0 Å². The molecule has 9 nitrogen and oxygen atoms in total. The predicted molar refractivity (Wildman–Crippen MR) is 177 cm³/mol. The van der Waals surface area contributed by atoms with E-state index in [1.807, 2.05) is 66.9 Å². The van der Waals surface area contributed by atoms with Gasteiger partial charge in [0.1, 0.15) is 5.71 Å². The largest absolute Gasteiger partial charge is 0.481 e. The summed E-state index contributed by atoms with van der Waals surface area (Å²) in [7, 11) is 0. The fourth-order valence-corrected chi connectivity index (χ4v) is 6.01. The van der Waals surface area contributed by atoms with Gasteiger partial charge in [0.2, 0.25) is 5.95 Å². The molecular formula is C37H33N5O4. The number of carbonyl (C=O) groups is 3. The molecule has 1 amide bonds. The number of ketones is 1. The van der Waals surface area contributed by atoms with Gasteiger partial charge < -0.3 is 20.7 Å². The Balaban J connectivity index is 1.29. The number of aliphatic imine (C=N–C) groups is 1. The van der Waals surface area contributed by atoms with Gasteiger partial charge in [0.15, 0.2) is 5.78 Å². The molecule has 4 N–H and O–H groups in total. The van der Waals surface area contributed by atoms with Crippen LogP contribution in [0.4, 0.5) is 11.6 Å². The molecule has 0 bridgehead atoms. The molecule has 1 unspecified atom stereocenters. The summed E-state index contributed by atoms with van der Waals surface area (Å²) >= 11 is 0. The lowest BCUT2D eigenvalue weighted by atomic mass is 9.67. The maximum absolute atomic E-state index is 13.1. The number of rotatable bonds is 11. The number of hydrogen-bond donors (Lipinski definition) is 4. The smallest absolute Gasteiger partial charge is 0.305 e. The van der Waals surface area contributed by atoms with Crippen LogP contribution in [0.25, 0.3) is 0 Å². The number of benzene rings is 4. The average molecular weight is 612 g/mol. The topological polar surface area (TPSA) is 137 Å². The first-order chi connectivity index (χ1) is 22.4. The van der Waals surface area contributed by atoms with Gasteiger partial charge in [0.25, 0.3) is 5.91 Å². The van der Waals surface area contributed by atoms with Gasteiger partial charge >= 0.3 is 5.97 Å². The molecule has 0 radical (unpaired) electrons. The van der Waals surface area contributed by atoms with Crippen LogP contribution < -0.4 is 10.6 Å². The fraction of sp³-hybridized carbons (Fsp3) is 0.162. The molecule has 0 spiro atoms. The number of hydrogen-bond acceptors (Lipinski definition) is 6. The van der Waals surface area contributed by atoms with Gasteiger partial charge in [0, 0.05) is 18.7 Å². The lowest BCUT2D eigenvalue weighted by Crippen LogP contribution is -2.39. The minimum Gasteiger partial charge on any atom is -0.481 e. The van der Waals surface area contributed by atoms with Crippen LogP contribution in [-0.4, -0.2) is 45.0 Å². The van der Waals surface area contributed by atoms with E-state index in [-0.39, 0.29) is 24.5 Å². The molecule has 4 aromatic carbocycles. The molecule has 6 rings (SSSR count). The molecule has 1 aliphatic rings. The van der Waals surface area contributed by atoms with Gasteiger partial charge in [-0.15, -0.1) is 0 Å². The number of aliphatic carboxylic acids is 1.